The number of carbonyl (C=O) groups is 1. The Hall–Kier alpha value is -2.38. The van der Waals surface area contributed by atoms with E-state index < -0.39 is 27.1 Å². The Kier molecular flexibility index (Phi) is 7.73. The molecule has 0 radical (unpaired) electrons. The predicted molar refractivity (Wildman–Crippen MR) is 120 cm³/mol. The smallest absolute Gasteiger partial charge is 0.306 e. The summed E-state index contributed by atoms with van der Waals surface area (Å²) in [6.07, 6.45) is 2.48. The van der Waals surface area contributed by atoms with Crippen LogP contribution < -0.4 is 4.74 Å². The van der Waals surface area contributed by atoms with E-state index in [1.165, 1.54) is 0 Å². The second-order valence-electron chi connectivity index (χ2n) is 8.19. The van der Waals surface area contributed by atoms with Gasteiger partial charge < -0.3 is 9.84 Å². The molecule has 1 N–H and O–H groups in total. The van der Waals surface area contributed by atoms with E-state index in [9.17, 15) is 18.3 Å². The first-order valence-corrected chi connectivity index (χ1v) is 12.3. The highest BCUT2D eigenvalue weighted by molar-refractivity contribution is 7.92. The van der Waals surface area contributed by atoms with E-state index in [2.05, 4.69) is 6.92 Å². The Morgan fingerprint density at radius 3 is 2.42 bits per heavy atom. The van der Waals surface area contributed by atoms with Crippen molar-refractivity contribution in [2.75, 3.05) is 13.2 Å². The first kappa shape index (κ1) is 23.3. The van der Waals surface area contributed by atoms with Gasteiger partial charge in [-0.15, -0.1) is 0 Å². The molecular formula is C24H31NO5S. The third-order valence-electron chi connectivity index (χ3n) is 5.79. The Morgan fingerprint density at radius 1 is 1.13 bits per heavy atom. The predicted octanol–water partition coefficient (Wildman–Crippen LogP) is 4.27. The molecule has 3 rings (SSSR count). The largest absolute Gasteiger partial charge is 0.494 e. The summed E-state index contributed by atoms with van der Waals surface area (Å²) >= 11 is 0. The van der Waals surface area contributed by atoms with E-state index in [0.717, 1.165) is 24.0 Å². The molecule has 168 valence electrons. The van der Waals surface area contributed by atoms with Gasteiger partial charge in [0.25, 0.3) is 0 Å². The van der Waals surface area contributed by atoms with Crippen molar-refractivity contribution >= 4 is 15.8 Å². The number of hydrogen-bond acceptors (Lipinski definition) is 5. The van der Waals surface area contributed by atoms with Crippen LogP contribution in [0.15, 0.2) is 53.4 Å². The number of unbranched alkanes of at least 4 members (excludes halogenated alkanes) is 1. The Morgan fingerprint density at radius 2 is 1.81 bits per heavy atom. The number of hydrogen-bond donors (Lipinski definition) is 1. The molecule has 2 unspecified atom stereocenters. The second kappa shape index (κ2) is 10.3. The summed E-state index contributed by atoms with van der Waals surface area (Å²) in [4.78, 5) is 13.7. The zero-order valence-corrected chi connectivity index (χ0v) is 19.0. The number of rotatable bonds is 9. The minimum atomic E-state index is -3.74. The van der Waals surface area contributed by atoms with Crippen LogP contribution in [0.5, 0.6) is 5.75 Å². The number of carboxylic acids is 1. The number of carboxylic acid groups (broad SMARTS) is 1. The lowest BCUT2D eigenvalue weighted by Gasteiger charge is -2.37. The van der Waals surface area contributed by atoms with Gasteiger partial charge in [0.15, 0.2) is 9.84 Å². The van der Waals surface area contributed by atoms with Crippen molar-refractivity contribution in [3.05, 3.63) is 59.7 Å². The summed E-state index contributed by atoms with van der Waals surface area (Å²) in [5.41, 5.74) is 2.15. The molecule has 1 heterocycles. The van der Waals surface area contributed by atoms with E-state index in [0.29, 0.717) is 31.9 Å². The van der Waals surface area contributed by atoms with Crippen molar-refractivity contribution in [2.24, 2.45) is 5.92 Å². The summed E-state index contributed by atoms with van der Waals surface area (Å²) in [6, 6.07) is 14.4. The van der Waals surface area contributed by atoms with Crippen molar-refractivity contribution in [2.45, 2.75) is 56.3 Å². The molecule has 7 heteroatoms. The third-order valence-corrected chi connectivity index (χ3v) is 7.93. The first-order valence-electron chi connectivity index (χ1n) is 10.8. The Bertz CT molecular complexity index is 970. The topological polar surface area (TPSA) is 83.9 Å². The molecule has 1 fully saturated rings. The van der Waals surface area contributed by atoms with Crippen LogP contribution in [-0.2, 0) is 21.2 Å². The van der Waals surface area contributed by atoms with Crippen LogP contribution >= 0.6 is 0 Å². The van der Waals surface area contributed by atoms with Gasteiger partial charge in [0.2, 0.25) is 0 Å². The highest BCUT2D eigenvalue weighted by Crippen LogP contribution is 2.32. The Balaban J connectivity index is 1.83. The summed E-state index contributed by atoms with van der Waals surface area (Å²) in [5, 5.41) is 8.63. The van der Waals surface area contributed by atoms with Crippen LogP contribution in [-0.4, -0.2) is 42.9 Å². The van der Waals surface area contributed by atoms with Gasteiger partial charge >= 0.3 is 5.97 Å². The van der Waals surface area contributed by atoms with Crippen LogP contribution in [0.1, 0.15) is 43.7 Å². The molecule has 2 aromatic carbocycles. The molecule has 2 aromatic rings. The van der Waals surface area contributed by atoms with Crippen LogP contribution in [0.25, 0.3) is 0 Å². The van der Waals surface area contributed by atoms with Crippen LogP contribution in [0.2, 0.25) is 0 Å². The van der Waals surface area contributed by atoms with Crippen molar-refractivity contribution in [1.29, 1.82) is 0 Å². The normalized spacial score (nSPS) is 19.8. The van der Waals surface area contributed by atoms with E-state index in [1.807, 2.05) is 36.1 Å². The van der Waals surface area contributed by atoms with Gasteiger partial charge in [-0.2, -0.15) is 0 Å². The molecule has 0 saturated carbocycles. The van der Waals surface area contributed by atoms with Gasteiger partial charge in [0.05, 0.1) is 17.4 Å². The van der Waals surface area contributed by atoms with Crippen molar-refractivity contribution < 1.29 is 23.1 Å². The fourth-order valence-corrected chi connectivity index (χ4v) is 5.74. The maximum Gasteiger partial charge on any atom is 0.306 e. The van der Waals surface area contributed by atoms with Crippen LogP contribution in [0.3, 0.4) is 0 Å². The molecule has 1 aliphatic rings. The molecule has 2 atom stereocenters. The molecule has 6 nitrogen and oxygen atoms in total. The lowest BCUT2D eigenvalue weighted by Crippen LogP contribution is -2.47. The number of benzene rings is 2. The lowest BCUT2D eigenvalue weighted by molar-refractivity contribution is -0.143. The molecule has 0 amide bonds. The average Bonchev–Trinajstić information content (AvgIpc) is 2.76. The number of sulfone groups is 1. The molecule has 1 aliphatic heterocycles. The summed E-state index contributed by atoms with van der Waals surface area (Å²) in [5.74, 6) is -0.962. The molecule has 0 aliphatic carbocycles. The van der Waals surface area contributed by atoms with Gasteiger partial charge in [-0.05, 0) is 56.0 Å². The molecule has 31 heavy (non-hydrogen) atoms. The first-order chi connectivity index (χ1) is 14.8. The fraction of sp³-hybridized carbons (Fsp3) is 0.458. The number of likely N-dealkylation sites (tertiary alicyclic amines) is 1. The van der Waals surface area contributed by atoms with Gasteiger partial charge in [-0.25, -0.2) is 8.42 Å². The van der Waals surface area contributed by atoms with Gasteiger partial charge in [-0.1, -0.05) is 43.2 Å². The van der Waals surface area contributed by atoms with Crippen molar-refractivity contribution in [3.8, 4) is 5.75 Å². The van der Waals surface area contributed by atoms with Gasteiger partial charge in [0.1, 0.15) is 11.1 Å². The third kappa shape index (κ3) is 5.86. The van der Waals surface area contributed by atoms with Crippen LogP contribution in [0, 0.1) is 12.8 Å². The number of piperidine rings is 1. The number of ether oxygens (including phenoxy) is 1. The lowest BCUT2D eigenvalue weighted by atomic mass is 9.96. The monoisotopic (exact) mass is 445 g/mol. The standard InChI is InChI=1S/C24H31NO5S/c1-3-4-15-30-21-9-11-22(12-10-21)31(28,29)23-16-20(24(26)27)13-14-25(23)17-19-7-5-18(2)6-8-19/h5-12,20,23H,3-4,13-17H2,1-2H3,(H,26,27). The van der Waals surface area contributed by atoms with E-state index in [4.69, 9.17) is 4.74 Å². The summed E-state index contributed by atoms with van der Waals surface area (Å²) < 4.78 is 32.6. The zero-order valence-electron chi connectivity index (χ0n) is 18.2. The minimum Gasteiger partial charge on any atom is -0.494 e. The summed E-state index contributed by atoms with van der Waals surface area (Å²) in [7, 11) is -3.74. The molecule has 1 saturated heterocycles. The maximum absolute atomic E-state index is 13.5. The number of aryl methyl sites for hydroxylation is 1. The van der Waals surface area contributed by atoms with Gasteiger partial charge in [-0.3, -0.25) is 9.69 Å². The van der Waals surface area contributed by atoms with Gasteiger partial charge in [0, 0.05) is 13.1 Å². The molecule has 0 aromatic heterocycles. The number of aliphatic carboxylic acids is 1. The van der Waals surface area contributed by atoms with E-state index >= 15 is 0 Å². The highest BCUT2D eigenvalue weighted by Gasteiger charge is 2.40. The Labute approximate surface area is 184 Å². The maximum atomic E-state index is 13.5. The zero-order chi connectivity index (χ0) is 22.4. The van der Waals surface area contributed by atoms with E-state index in [1.54, 1.807) is 24.3 Å². The van der Waals surface area contributed by atoms with Crippen molar-refractivity contribution in [1.82, 2.24) is 4.90 Å². The fourth-order valence-electron chi connectivity index (χ4n) is 3.85. The summed E-state index contributed by atoms with van der Waals surface area (Å²) in [6.45, 7) is 5.57. The average molecular weight is 446 g/mol. The van der Waals surface area contributed by atoms with Crippen molar-refractivity contribution in [3.63, 3.8) is 0 Å². The SMILES string of the molecule is CCCCOc1ccc(S(=O)(=O)C2CC(C(=O)O)CCN2Cc2ccc(C)cc2)cc1. The molecule has 0 spiro atoms. The molecule has 0 bridgehead atoms. The minimum absolute atomic E-state index is 0.0816. The highest BCUT2D eigenvalue weighted by atomic mass is 32.2. The second-order valence-corrected chi connectivity index (χ2v) is 10.3. The molecular weight excluding hydrogens is 414 g/mol. The van der Waals surface area contributed by atoms with E-state index in [-0.39, 0.29) is 11.3 Å². The number of nitrogens with zero attached hydrogens (tertiary/aromatic N) is 1. The quantitative estimate of drug-likeness (QED) is 0.580. The van der Waals surface area contributed by atoms with Crippen LogP contribution in [0.4, 0.5) is 0 Å².